The summed E-state index contributed by atoms with van der Waals surface area (Å²) in [6.07, 6.45) is 1.80. The zero-order chi connectivity index (χ0) is 22.3. The number of carbonyl (C=O) groups is 2. The van der Waals surface area contributed by atoms with Crippen LogP contribution in [0.3, 0.4) is 0 Å². The van der Waals surface area contributed by atoms with Gasteiger partial charge in [0.2, 0.25) is 11.8 Å². The van der Waals surface area contributed by atoms with Crippen LogP contribution in [0.5, 0.6) is 0 Å². The Labute approximate surface area is 172 Å². The molecule has 2 amide bonds. The predicted molar refractivity (Wildman–Crippen MR) is 105 cm³/mol. The van der Waals surface area contributed by atoms with Crippen LogP contribution in [0.1, 0.15) is 38.9 Å². The maximum absolute atomic E-state index is 13.8. The van der Waals surface area contributed by atoms with Crippen LogP contribution in [-0.2, 0) is 9.59 Å². The number of anilines is 2. The number of rotatable bonds is 10. The van der Waals surface area contributed by atoms with Gasteiger partial charge < -0.3 is 15.2 Å². The van der Waals surface area contributed by atoms with Crippen LogP contribution in [0, 0.1) is 24.4 Å². The highest BCUT2D eigenvalue weighted by Crippen LogP contribution is 2.20. The molecule has 30 heavy (non-hydrogen) atoms. The molecule has 0 aliphatic carbocycles. The van der Waals surface area contributed by atoms with Crippen LogP contribution in [0.15, 0.2) is 22.7 Å². The number of aryl methyl sites for hydroxylation is 1. The topological polar surface area (TPSA) is 87.5 Å². The number of carbonyl (C=O) groups excluding carboxylic acids is 2. The molecule has 0 radical (unpaired) electrons. The molecule has 0 saturated heterocycles. The molecule has 0 bridgehead atoms. The highest BCUT2D eigenvalue weighted by Gasteiger charge is 2.27. The summed E-state index contributed by atoms with van der Waals surface area (Å²) in [5.74, 6) is -4.69. The van der Waals surface area contributed by atoms with Gasteiger partial charge in [0.15, 0.2) is 23.3 Å². The number of hydrogen-bond acceptors (Lipinski definition) is 5. The van der Waals surface area contributed by atoms with Crippen molar-refractivity contribution in [3.05, 3.63) is 41.4 Å². The molecule has 1 heterocycles. The van der Waals surface area contributed by atoms with Gasteiger partial charge in [-0.2, -0.15) is 0 Å². The fourth-order valence-electron chi connectivity index (χ4n) is 3.02. The Morgan fingerprint density at radius 3 is 2.47 bits per heavy atom. The van der Waals surface area contributed by atoms with Crippen molar-refractivity contribution in [1.29, 1.82) is 0 Å². The normalized spacial score (nSPS) is 12.1. The molecule has 2 N–H and O–H groups in total. The van der Waals surface area contributed by atoms with E-state index in [1.54, 1.807) is 17.9 Å². The number of benzene rings is 1. The molecular formula is C20H25F3N4O3. The fourth-order valence-corrected chi connectivity index (χ4v) is 3.02. The molecule has 0 saturated carbocycles. The van der Waals surface area contributed by atoms with E-state index in [0.29, 0.717) is 31.6 Å². The Bertz CT molecular complexity index is 888. The summed E-state index contributed by atoms with van der Waals surface area (Å²) in [6, 6.07) is 2.60. The van der Waals surface area contributed by atoms with Crippen molar-refractivity contribution >= 4 is 23.3 Å². The lowest BCUT2D eigenvalue weighted by Gasteiger charge is -2.29. The van der Waals surface area contributed by atoms with Gasteiger partial charge in [0.1, 0.15) is 5.76 Å². The summed E-state index contributed by atoms with van der Waals surface area (Å²) in [4.78, 5) is 26.9. The maximum atomic E-state index is 13.8. The highest BCUT2D eigenvalue weighted by molar-refractivity contribution is 5.96. The molecule has 1 atom stereocenters. The van der Waals surface area contributed by atoms with Gasteiger partial charge in [0, 0.05) is 6.07 Å². The molecule has 1 aromatic carbocycles. The second-order valence-electron chi connectivity index (χ2n) is 6.86. The van der Waals surface area contributed by atoms with Crippen molar-refractivity contribution in [2.24, 2.45) is 0 Å². The molecule has 7 nitrogen and oxygen atoms in total. The van der Waals surface area contributed by atoms with Gasteiger partial charge in [-0.25, -0.2) is 13.2 Å². The van der Waals surface area contributed by atoms with Gasteiger partial charge in [-0.3, -0.25) is 14.5 Å². The van der Waals surface area contributed by atoms with E-state index < -0.39 is 35.1 Å². The van der Waals surface area contributed by atoms with Crippen molar-refractivity contribution in [3.8, 4) is 0 Å². The summed E-state index contributed by atoms with van der Waals surface area (Å²) in [6.45, 7) is 5.67. The zero-order valence-corrected chi connectivity index (χ0v) is 17.1. The number of amides is 2. The number of halogens is 3. The first-order chi connectivity index (χ1) is 14.3. The third-order valence-corrected chi connectivity index (χ3v) is 4.35. The van der Waals surface area contributed by atoms with Gasteiger partial charge in [-0.15, -0.1) is 0 Å². The fraction of sp³-hybridized carbons (Fsp3) is 0.450. The molecule has 1 aromatic heterocycles. The first-order valence-corrected chi connectivity index (χ1v) is 9.68. The van der Waals surface area contributed by atoms with Crippen molar-refractivity contribution in [1.82, 2.24) is 10.1 Å². The molecular weight excluding hydrogens is 401 g/mol. The summed E-state index contributed by atoms with van der Waals surface area (Å²) in [7, 11) is 0. The first-order valence-electron chi connectivity index (χ1n) is 9.68. The van der Waals surface area contributed by atoms with E-state index in [4.69, 9.17) is 4.52 Å². The molecule has 164 valence electrons. The van der Waals surface area contributed by atoms with Crippen LogP contribution < -0.4 is 10.6 Å². The Kier molecular flexibility index (Phi) is 8.40. The van der Waals surface area contributed by atoms with Gasteiger partial charge in [-0.1, -0.05) is 25.4 Å². The third-order valence-electron chi connectivity index (χ3n) is 4.35. The van der Waals surface area contributed by atoms with Crippen LogP contribution in [0.4, 0.5) is 24.7 Å². The maximum Gasteiger partial charge on any atom is 0.242 e. The summed E-state index contributed by atoms with van der Waals surface area (Å²) >= 11 is 0. The highest BCUT2D eigenvalue weighted by atomic mass is 19.2. The molecule has 0 spiro atoms. The zero-order valence-electron chi connectivity index (χ0n) is 17.1. The minimum atomic E-state index is -1.66. The Hall–Kier alpha value is -2.88. The second-order valence-corrected chi connectivity index (χ2v) is 6.86. The lowest BCUT2D eigenvalue weighted by molar-refractivity contribution is -0.124. The average molecular weight is 426 g/mol. The van der Waals surface area contributed by atoms with Gasteiger partial charge in [-0.05, 0) is 38.4 Å². The Morgan fingerprint density at radius 2 is 1.87 bits per heavy atom. The average Bonchev–Trinajstić information content (AvgIpc) is 3.10. The summed E-state index contributed by atoms with van der Waals surface area (Å²) < 4.78 is 45.2. The lowest BCUT2D eigenvalue weighted by Crippen LogP contribution is -2.47. The largest absolute Gasteiger partial charge is 0.360 e. The van der Waals surface area contributed by atoms with Gasteiger partial charge in [0.25, 0.3) is 0 Å². The number of hydrogen-bond donors (Lipinski definition) is 2. The number of aromatic nitrogens is 1. The van der Waals surface area contributed by atoms with Gasteiger partial charge >= 0.3 is 0 Å². The number of nitrogens with one attached hydrogen (secondary N) is 2. The Balaban J connectivity index is 2.13. The molecule has 0 aliphatic heterocycles. The summed E-state index contributed by atoms with van der Waals surface area (Å²) in [5.41, 5.74) is -0.468. The van der Waals surface area contributed by atoms with Gasteiger partial charge in [0.05, 0.1) is 18.3 Å². The van der Waals surface area contributed by atoms with Crippen LogP contribution in [0.2, 0.25) is 0 Å². The number of nitrogens with zero attached hydrogens (tertiary/aromatic N) is 2. The van der Waals surface area contributed by atoms with E-state index in [2.05, 4.69) is 15.8 Å². The van der Waals surface area contributed by atoms with Crippen LogP contribution >= 0.6 is 0 Å². The van der Waals surface area contributed by atoms with E-state index in [1.807, 2.05) is 13.8 Å². The van der Waals surface area contributed by atoms with Crippen molar-refractivity contribution in [2.45, 2.75) is 46.1 Å². The minimum Gasteiger partial charge on any atom is -0.360 e. The van der Waals surface area contributed by atoms with Crippen molar-refractivity contribution < 1.29 is 27.3 Å². The van der Waals surface area contributed by atoms with Crippen molar-refractivity contribution in [3.63, 3.8) is 0 Å². The quantitative estimate of drug-likeness (QED) is 0.564. The molecule has 2 aromatic rings. The van der Waals surface area contributed by atoms with E-state index in [9.17, 15) is 22.8 Å². The van der Waals surface area contributed by atoms with Crippen LogP contribution in [0.25, 0.3) is 0 Å². The Morgan fingerprint density at radius 1 is 1.13 bits per heavy atom. The standard InChI is InChI=1S/C20H25F3N4O3/c1-4-6-15(20(29)25-16-10-12(3)30-26-16)27(9-5-2)11-17(28)24-14-8-7-13(21)18(22)19(14)23/h7-8,10,15H,4-6,9,11H2,1-3H3,(H,24,28)(H,25,26,29)/t15-/m0/s1. The molecule has 0 fully saturated rings. The van der Waals surface area contributed by atoms with E-state index in [0.717, 1.165) is 12.1 Å². The lowest BCUT2D eigenvalue weighted by atomic mass is 10.1. The second kappa shape index (κ2) is 10.8. The van der Waals surface area contributed by atoms with E-state index in [1.165, 1.54) is 0 Å². The molecule has 0 aliphatic rings. The molecule has 0 unspecified atom stereocenters. The smallest absolute Gasteiger partial charge is 0.242 e. The third kappa shape index (κ3) is 6.06. The van der Waals surface area contributed by atoms with Crippen LogP contribution in [-0.4, -0.2) is 41.0 Å². The minimum absolute atomic E-state index is 0.234. The first kappa shape index (κ1) is 23.4. The van der Waals surface area contributed by atoms with Crippen molar-refractivity contribution in [2.75, 3.05) is 23.7 Å². The summed E-state index contributed by atoms with van der Waals surface area (Å²) in [5, 5.41) is 8.63. The molecule has 10 heteroatoms. The van der Waals surface area contributed by atoms with E-state index >= 15 is 0 Å². The molecule has 2 rings (SSSR count). The monoisotopic (exact) mass is 426 g/mol. The predicted octanol–water partition coefficient (Wildman–Crippen LogP) is 3.86. The SMILES string of the molecule is CCC[C@@H](C(=O)Nc1cc(C)on1)N(CCC)CC(=O)Nc1ccc(F)c(F)c1F. The van der Waals surface area contributed by atoms with E-state index in [-0.39, 0.29) is 18.3 Å².